The Labute approximate surface area is 151 Å². The maximum Gasteiger partial charge on any atom is 0.416 e. The molecule has 0 aliphatic rings. The second-order valence-corrected chi connectivity index (χ2v) is 5.49. The molecule has 0 aromatic heterocycles. The highest BCUT2D eigenvalue weighted by Crippen LogP contribution is 2.31. The van der Waals surface area contributed by atoms with Crippen LogP contribution in [-0.4, -0.2) is 25.1 Å². The van der Waals surface area contributed by atoms with E-state index in [2.05, 4.69) is 10.1 Å². The smallest absolute Gasteiger partial charge is 0.416 e. The molecule has 144 valence electrons. The van der Waals surface area contributed by atoms with Gasteiger partial charge in [0.1, 0.15) is 11.6 Å². The molecular formula is C18H15F4NO4. The summed E-state index contributed by atoms with van der Waals surface area (Å²) >= 11 is 0. The van der Waals surface area contributed by atoms with Crippen LogP contribution in [0.25, 0.3) is 0 Å². The molecule has 0 aliphatic carbocycles. The van der Waals surface area contributed by atoms with E-state index >= 15 is 0 Å². The molecule has 0 bridgehead atoms. The van der Waals surface area contributed by atoms with Gasteiger partial charge in [-0.05, 0) is 42.8 Å². The second-order valence-electron chi connectivity index (χ2n) is 5.49. The highest BCUT2D eigenvalue weighted by molar-refractivity contribution is 5.92. The molecule has 2 aromatic rings. The molecule has 0 atom stereocenters. The SMILES string of the molecule is Cc1ccc(NC(=O)COC(=O)COc2cccc(C(F)(F)F)c2)cc1F. The summed E-state index contributed by atoms with van der Waals surface area (Å²) in [5.74, 6) is -2.32. The van der Waals surface area contributed by atoms with Gasteiger partial charge in [0.15, 0.2) is 13.2 Å². The average Bonchev–Trinajstić information content (AvgIpc) is 2.61. The summed E-state index contributed by atoms with van der Waals surface area (Å²) in [5.41, 5.74) is -0.316. The van der Waals surface area contributed by atoms with Crippen LogP contribution in [0, 0.1) is 12.7 Å². The number of rotatable bonds is 6. The van der Waals surface area contributed by atoms with Crippen LogP contribution < -0.4 is 10.1 Å². The Morgan fingerprint density at radius 3 is 2.48 bits per heavy atom. The summed E-state index contributed by atoms with van der Waals surface area (Å²) in [6.45, 7) is 0.237. The van der Waals surface area contributed by atoms with E-state index in [1.165, 1.54) is 18.2 Å². The number of amides is 1. The van der Waals surface area contributed by atoms with Crippen LogP contribution >= 0.6 is 0 Å². The second kappa shape index (κ2) is 8.52. The van der Waals surface area contributed by atoms with E-state index in [9.17, 15) is 27.2 Å². The minimum Gasteiger partial charge on any atom is -0.482 e. The van der Waals surface area contributed by atoms with Crippen molar-refractivity contribution in [3.05, 3.63) is 59.4 Å². The first-order valence-corrected chi connectivity index (χ1v) is 7.67. The standard InChI is InChI=1S/C18H15F4NO4/c1-11-5-6-13(8-15(11)19)23-16(24)9-27-17(25)10-26-14-4-2-3-12(7-14)18(20,21)22/h2-8H,9-10H2,1H3,(H,23,24). The van der Waals surface area contributed by atoms with Gasteiger partial charge in [-0.2, -0.15) is 13.2 Å². The predicted octanol–water partition coefficient (Wildman–Crippen LogP) is 3.71. The van der Waals surface area contributed by atoms with Crippen molar-refractivity contribution in [3.8, 4) is 5.75 Å². The Morgan fingerprint density at radius 2 is 1.81 bits per heavy atom. The molecule has 0 fully saturated rings. The maximum absolute atomic E-state index is 13.4. The van der Waals surface area contributed by atoms with Gasteiger partial charge >= 0.3 is 12.1 Å². The van der Waals surface area contributed by atoms with E-state index in [-0.39, 0.29) is 11.4 Å². The van der Waals surface area contributed by atoms with Crippen molar-refractivity contribution < 1.29 is 36.6 Å². The molecule has 0 saturated heterocycles. The monoisotopic (exact) mass is 385 g/mol. The largest absolute Gasteiger partial charge is 0.482 e. The number of hydrogen-bond donors (Lipinski definition) is 1. The van der Waals surface area contributed by atoms with E-state index in [0.29, 0.717) is 5.56 Å². The molecule has 0 aliphatic heterocycles. The Hall–Kier alpha value is -3.10. The number of esters is 1. The van der Waals surface area contributed by atoms with Crippen molar-refractivity contribution in [1.82, 2.24) is 0 Å². The zero-order valence-electron chi connectivity index (χ0n) is 14.1. The molecule has 9 heteroatoms. The van der Waals surface area contributed by atoms with E-state index in [1.54, 1.807) is 6.92 Å². The lowest BCUT2D eigenvalue weighted by atomic mass is 10.2. The van der Waals surface area contributed by atoms with Gasteiger partial charge in [0.2, 0.25) is 0 Å². The molecule has 0 saturated carbocycles. The van der Waals surface area contributed by atoms with Crippen molar-refractivity contribution in [2.24, 2.45) is 0 Å². The number of benzene rings is 2. The van der Waals surface area contributed by atoms with Crippen molar-refractivity contribution in [1.29, 1.82) is 0 Å². The van der Waals surface area contributed by atoms with Crippen molar-refractivity contribution >= 4 is 17.6 Å². The zero-order chi connectivity index (χ0) is 20.0. The summed E-state index contributed by atoms with van der Waals surface area (Å²) < 4.78 is 60.7. The number of ether oxygens (including phenoxy) is 2. The average molecular weight is 385 g/mol. The normalized spacial score (nSPS) is 11.0. The van der Waals surface area contributed by atoms with Crippen LogP contribution in [-0.2, 0) is 20.5 Å². The Balaban J connectivity index is 1.79. The summed E-state index contributed by atoms with van der Waals surface area (Å²) in [5, 5.41) is 2.34. The van der Waals surface area contributed by atoms with Crippen molar-refractivity contribution in [2.75, 3.05) is 18.5 Å². The van der Waals surface area contributed by atoms with Gasteiger partial charge in [-0.3, -0.25) is 4.79 Å². The molecule has 1 amide bonds. The van der Waals surface area contributed by atoms with E-state index in [0.717, 1.165) is 24.3 Å². The van der Waals surface area contributed by atoms with Crippen molar-refractivity contribution in [2.45, 2.75) is 13.1 Å². The van der Waals surface area contributed by atoms with E-state index in [4.69, 9.17) is 4.74 Å². The van der Waals surface area contributed by atoms with Crippen LogP contribution in [0.1, 0.15) is 11.1 Å². The maximum atomic E-state index is 13.4. The highest BCUT2D eigenvalue weighted by atomic mass is 19.4. The number of hydrogen-bond acceptors (Lipinski definition) is 4. The first-order valence-electron chi connectivity index (χ1n) is 7.67. The summed E-state index contributed by atoms with van der Waals surface area (Å²) in [7, 11) is 0. The molecule has 0 heterocycles. The Bertz CT molecular complexity index is 836. The van der Waals surface area contributed by atoms with Crippen LogP contribution in [0.5, 0.6) is 5.75 Å². The number of carbonyl (C=O) groups excluding carboxylic acids is 2. The summed E-state index contributed by atoms with van der Waals surface area (Å²) in [6.07, 6.45) is -4.53. The summed E-state index contributed by atoms with van der Waals surface area (Å²) in [4.78, 5) is 23.2. The first-order chi connectivity index (χ1) is 12.6. The molecule has 5 nitrogen and oxygen atoms in total. The van der Waals surface area contributed by atoms with Gasteiger partial charge in [-0.15, -0.1) is 0 Å². The lowest BCUT2D eigenvalue weighted by molar-refractivity contribution is -0.149. The quantitative estimate of drug-likeness (QED) is 0.608. The number of anilines is 1. The molecule has 2 rings (SSSR count). The third-order valence-corrected chi connectivity index (χ3v) is 3.34. The molecule has 1 N–H and O–H groups in total. The Morgan fingerprint density at radius 1 is 1.07 bits per heavy atom. The topological polar surface area (TPSA) is 64.6 Å². The fraction of sp³-hybridized carbons (Fsp3) is 0.222. The van der Waals surface area contributed by atoms with Crippen LogP contribution in [0.2, 0.25) is 0 Å². The molecule has 0 radical (unpaired) electrons. The van der Waals surface area contributed by atoms with Gasteiger partial charge in [-0.25, -0.2) is 9.18 Å². The van der Waals surface area contributed by atoms with Crippen LogP contribution in [0.15, 0.2) is 42.5 Å². The van der Waals surface area contributed by atoms with E-state index < -0.39 is 42.6 Å². The lowest BCUT2D eigenvalue weighted by Crippen LogP contribution is -2.23. The van der Waals surface area contributed by atoms with Crippen molar-refractivity contribution in [3.63, 3.8) is 0 Å². The number of aryl methyl sites for hydroxylation is 1. The van der Waals surface area contributed by atoms with E-state index in [1.807, 2.05) is 0 Å². The van der Waals surface area contributed by atoms with Gasteiger partial charge in [0.05, 0.1) is 5.56 Å². The number of nitrogens with one attached hydrogen (secondary N) is 1. The third kappa shape index (κ3) is 6.28. The minimum atomic E-state index is -4.53. The molecule has 2 aromatic carbocycles. The minimum absolute atomic E-state index is 0.165. The van der Waals surface area contributed by atoms with Gasteiger partial charge in [-0.1, -0.05) is 12.1 Å². The van der Waals surface area contributed by atoms with Gasteiger partial charge in [0.25, 0.3) is 5.91 Å². The van der Waals surface area contributed by atoms with Crippen LogP contribution in [0.3, 0.4) is 0 Å². The molecule has 0 spiro atoms. The number of alkyl halides is 3. The Kier molecular flexibility index (Phi) is 6.38. The highest BCUT2D eigenvalue weighted by Gasteiger charge is 2.30. The number of carbonyl (C=O) groups is 2. The first kappa shape index (κ1) is 20.2. The van der Waals surface area contributed by atoms with Crippen LogP contribution in [0.4, 0.5) is 23.2 Å². The molecule has 27 heavy (non-hydrogen) atoms. The predicted molar refractivity (Wildman–Crippen MR) is 87.7 cm³/mol. The number of halogens is 4. The fourth-order valence-electron chi connectivity index (χ4n) is 1.96. The fourth-order valence-corrected chi connectivity index (χ4v) is 1.96. The third-order valence-electron chi connectivity index (χ3n) is 3.34. The molecule has 0 unspecified atom stereocenters. The van der Waals surface area contributed by atoms with Gasteiger partial charge < -0.3 is 14.8 Å². The molecular weight excluding hydrogens is 370 g/mol. The lowest BCUT2D eigenvalue weighted by Gasteiger charge is -2.10. The van der Waals surface area contributed by atoms with Gasteiger partial charge in [0, 0.05) is 5.69 Å². The zero-order valence-corrected chi connectivity index (χ0v) is 14.1. The summed E-state index contributed by atoms with van der Waals surface area (Å²) in [6, 6.07) is 8.06.